The second-order valence-electron chi connectivity index (χ2n) is 5.30. The molecule has 116 valence electrons. The Bertz CT molecular complexity index is 630. The van der Waals surface area contributed by atoms with Crippen LogP contribution in [0.25, 0.3) is 0 Å². The van der Waals surface area contributed by atoms with E-state index < -0.39 is 22.1 Å². The standard InChI is InChI=1S/C14H20N2O4S/c1-11-6-3-4-8-13(11)15(2)21(19,20)16-9-5-7-12(10-16)14(17)18/h3-4,6,8,12H,5,7,9-10H2,1-2H3,(H,17,18). The zero-order chi connectivity index (χ0) is 15.6. The Morgan fingerprint density at radius 1 is 1.38 bits per heavy atom. The number of para-hydroxylation sites is 1. The average Bonchev–Trinajstić information content (AvgIpc) is 2.47. The van der Waals surface area contributed by atoms with Gasteiger partial charge >= 0.3 is 16.2 Å². The molecular formula is C14H20N2O4S. The van der Waals surface area contributed by atoms with E-state index in [9.17, 15) is 13.2 Å². The normalized spacial score (nSPS) is 20.2. The van der Waals surface area contributed by atoms with Crippen LogP contribution in [-0.4, -0.2) is 43.9 Å². The van der Waals surface area contributed by atoms with Crippen LogP contribution in [-0.2, 0) is 15.0 Å². The minimum Gasteiger partial charge on any atom is -0.481 e. The number of carbonyl (C=O) groups is 1. The predicted molar refractivity (Wildman–Crippen MR) is 80.4 cm³/mol. The zero-order valence-corrected chi connectivity index (χ0v) is 13.0. The van der Waals surface area contributed by atoms with Crippen molar-refractivity contribution in [2.45, 2.75) is 19.8 Å². The predicted octanol–water partition coefficient (Wildman–Crippen LogP) is 1.47. The molecule has 0 saturated carbocycles. The number of carboxylic acids is 1. The molecule has 1 saturated heterocycles. The molecule has 1 heterocycles. The highest BCUT2D eigenvalue weighted by molar-refractivity contribution is 7.90. The summed E-state index contributed by atoms with van der Waals surface area (Å²) in [5.41, 5.74) is 1.46. The van der Waals surface area contributed by atoms with E-state index in [1.165, 1.54) is 15.7 Å². The van der Waals surface area contributed by atoms with E-state index in [0.717, 1.165) is 5.56 Å². The second kappa shape index (κ2) is 6.03. The van der Waals surface area contributed by atoms with Crippen LogP contribution >= 0.6 is 0 Å². The second-order valence-corrected chi connectivity index (χ2v) is 7.26. The summed E-state index contributed by atoms with van der Waals surface area (Å²) in [5.74, 6) is -1.56. The molecule has 1 fully saturated rings. The van der Waals surface area contributed by atoms with Gasteiger partial charge in [-0.2, -0.15) is 12.7 Å². The smallest absolute Gasteiger partial charge is 0.307 e. The summed E-state index contributed by atoms with van der Waals surface area (Å²) in [4.78, 5) is 11.1. The Balaban J connectivity index is 2.25. The molecule has 2 rings (SSSR count). The minimum atomic E-state index is -3.70. The van der Waals surface area contributed by atoms with E-state index >= 15 is 0 Å². The van der Waals surface area contributed by atoms with Gasteiger partial charge in [-0.3, -0.25) is 9.10 Å². The van der Waals surface area contributed by atoms with Crippen LogP contribution < -0.4 is 4.31 Å². The fourth-order valence-corrected chi connectivity index (χ4v) is 4.10. The number of piperidine rings is 1. The van der Waals surface area contributed by atoms with Crippen LogP contribution in [0.4, 0.5) is 5.69 Å². The van der Waals surface area contributed by atoms with Crippen molar-refractivity contribution in [3.05, 3.63) is 29.8 Å². The van der Waals surface area contributed by atoms with Crippen molar-refractivity contribution in [1.82, 2.24) is 4.31 Å². The maximum Gasteiger partial charge on any atom is 0.307 e. The van der Waals surface area contributed by atoms with Gasteiger partial charge < -0.3 is 5.11 Å². The van der Waals surface area contributed by atoms with Crippen molar-refractivity contribution < 1.29 is 18.3 Å². The van der Waals surface area contributed by atoms with Crippen LogP contribution in [0.5, 0.6) is 0 Å². The van der Waals surface area contributed by atoms with Gasteiger partial charge in [0.05, 0.1) is 11.6 Å². The fourth-order valence-electron chi connectivity index (χ4n) is 2.57. The molecule has 0 bridgehead atoms. The summed E-state index contributed by atoms with van der Waals surface area (Å²) in [6.07, 6.45) is 1.09. The maximum absolute atomic E-state index is 12.7. The molecule has 1 unspecified atom stereocenters. The molecule has 0 radical (unpaired) electrons. The van der Waals surface area contributed by atoms with Crippen molar-refractivity contribution >= 4 is 21.9 Å². The number of aliphatic carboxylic acids is 1. The van der Waals surface area contributed by atoms with E-state index in [-0.39, 0.29) is 6.54 Å². The molecule has 0 aliphatic carbocycles. The lowest BCUT2D eigenvalue weighted by Crippen LogP contribution is -2.48. The Kier molecular flexibility index (Phi) is 4.53. The Morgan fingerprint density at radius 3 is 2.67 bits per heavy atom. The first kappa shape index (κ1) is 15.8. The monoisotopic (exact) mass is 312 g/mol. The lowest BCUT2D eigenvalue weighted by molar-refractivity contribution is -0.142. The van der Waals surface area contributed by atoms with Gasteiger partial charge in [-0.1, -0.05) is 18.2 Å². The molecule has 1 atom stereocenters. The third-order valence-electron chi connectivity index (χ3n) is 3.86. The van der Waals surface area contributed by atoms with Crippen LogP contribution in [0, 0.1) is 12.8 Å². The van der Waals surface area contributed by atoms with E-state index in [2.05, 4.69) is 0 Å². The Hall–Kier alpha value is -1.60. The van der Waals surface area contributed by atoms with Crippen LogP contribution in [0.3, 0.4) is 0 Å². The van der Waals surface area contributed by atoms with E-state index in [0.29, 0.717) is 25.1 Å². The van der Waals surface area contributed by atoms with Gasteiger partial charge in [-0.25, -0.2) is 0 Å². The molecule has 0 aromatic heterocycles. The lowest BCUT2D eigenvalue weighted by Gasteiger charge is -2.34. The van der Waals surface area contributed by atoms with Gasteiger partial charge in [-0.15, -0.1) is 0 Å². The van der Waals surface area contributed by atoms with Crippen LogP contribution in [0.15, 0.2) is 24.3 Å². The summed E-state index contributed by atoms with van der Waals surface area (Å²) in [6, 6.07) is 7.22. The summed E-state index contributed by atoms with van der Waals surface area (Å²) in [6.45, 7) is 2.24. The largest absolute Gasteiger partial charge is 0.481 e. The first-order chi connectivity index (χ1) is 9.84. The van der Waals surface area contributed by atoms with Crippen molar-refractivity contribution in [2.75, 3.05) is 24.4 Å². The number of anilines is 1. The lowest BCUT2D eigenvalue weighted by atomic mass is 10.0. The quantitative estimate of drug-likeness (QED) is 0.913. The fraction of sp³-hybridized carbons (Fsp3) is 0.500. The van der Waals surface area contributed by atoms with Gasteiger partial charge in [0.25, 0.3) is 0 Å². The Labute approximate surface area is 125 Å². The molecule has 1 aromatic carbocycles. The molecule has 6 nitrogen and oxygen atoms in total. The first-order valence-electron chi connectivity index (χ1n) is 6.86. The third kappa shape index (κ3) is 3.19. The number of nitrogens with zero attached hydrogens (tertiary/aromatic N) is 2. The molecule has 21 heavy (non-hydrogen) atoms. The summed E-state index contributed by atoms with van der Waals surface area (Å²) in [7, 11) is -2.20. The molecule has 7 heteroatoms. The number of carboxylic acid groups (broad SMARTS) is 1. The van der Waals surface area contributed by atoms with E-state index in [4.69, 9.17) is 5.11 Å². The number of hydrogen-bond donors (Lipinski definition) is 1. The topological polar surface area (TPSA) is 77.9 Å². The summed E-state index contributed by atoms with van der Waals surface area (Å²) in [5, 5.41) is 9.09. The minimum absolute atomic E-state index is 0.0356. The first-order valence-corrected chi connectivity index (χ1v) is 8.26. The maximum atomic E-state index is 12.7. The number of rotatable bonds is 4. The van der Waals surface area contributed by atoms with Crippen molar-refractivity contribution in [3.8, 4) is 0 Å². The third-order valence-corrected chi connectivity index (χ3v) is 5.73. The number of hydrogen-bond acceptors (Lipinski definition) is 3. The van der Waals surface area contributed by atoms with Gasteiger partial charge in [-0.05, 0) is 31.4 Å². The SMILES string of the molecule is Cc1ccccc1N(C)S(=O)(=O)N1CCCC(C(=O)O)C1. The van der Waals surface area contributed by atoms with Gasteiger partial charge in [0.1, 0.15) is 0 Å². The highest BCUT2D eigenvalue weighted by atomic mass is 32.2. The highest BCUT2D eigenvalue weighted by Gasteiger charge is 2.34. The van der Waals surface area contributed by atoms with E-state index in [1.807, 2.05) is 19.1 Å². The zero-order valence-electron chi connectivity index (χ0n) is 12.2. The molecule has 1 aromatic rings. The Morgan fingerprint density at radius 2 is 2.05 bits per heavy atom. The average molecular weight is 312 g/mol. The van der Waals surface area contributed by atoms with Gasteiger partial charge in [0.2, 0.25) is 0 Å². The summed E-state index contributed by atoms with van der Waals surface area (Å²) >= 11 is 0. The molecule has 1 aliphatic heterocycles. The molecule has 1 N–H and O–H groups in total. The molecule has 0 amide bonds. The highest BCUT2D eigenvalue weighted by Crippen LogP contribution is 2.26. The summed E-state index contributed by atoms with van der Waals surface area (Å²) < 4.78 is 27.8. The van der Waals surface area contributed by atoms with Gasteiger partial charge in [0.15, 0.2) is 0 Å². The van der Waals surface area contributed by atoms with Crippen molar-refractivity contribution in [3.63, 3.8) is 0 Å². The molecule has 0 spiro atoms. The van der Waals surface area contributed by atoms with Crippen molar-refractivity contribution in [2.24, 2.45) is 5.92 Å². The van der Waals surface area contributed by atoms with E-state index in [1.54, 1.807) is 12.1 Å². The number of aryl methyl sites for hydroxylation is 1. The molecular weight excluding hydrogens is 292 g/mol. The van der Waals surface area contributed by atoms with Crippen molar-refractivity contribution in [1.29, 1.82) is 0 Å². The van der Waals surface area contributed by atoms with Gasteiger partial charge in [0, 0.05) is 20.1 Å². The van der Waals surface area contributed by atoms with Crippen LogP contribution in [0.1, 0.15) is 18.4 Å². The number of benzene rings is 1. The molecule has 1 aliphatic rings. The van der Waals surface area contributed by atoms with Crippen LogP contribution in [0.2, 0.25) is 0 Å².